The zero-order valence-corrected chi connectivity index (χ0v) is 12.9. The van der Waals surface area contributed by atoms with E-state index in [0.717, 1.165) is 10.5 Å². The highest BCUT2D eigenvalue weighted by atomic mass is 32.2. The number of hydrogen-bond donors (Lipinski definition) is 2. The van der Waals surface area contributed by atoms with Gasteiger partial charge in [0.15, 0.2) is 0 Å². The fourth-order valence-electron chi connectivity index (χ4n) is 2.38. The van der Waals surface area contributed by atoms with Crippen molar-refractivity contribution in [3.05, 3.63) is 23.8 Å². The molecule has 1 aliphatic heterocycles. The van der Waals surface area contributed by atoms with Gasteiger partial charge < -0.3 is 15.7 Å². The third-order valence-electron chi connectivity index (χ3n) is 3.76. The maximum atomic E-state index is 12.2. The van der Waals surface area contributed by atoms with Gasteiger partial charge in [0.2, 0.25) is 5.91 Å². The van der Waals surface area contributed by atoms with Crippen LogP contribution in [0.5, 0.6) is 0 Å². The molecule has 1 aliphatic rings. The van der Waals surface area contributed by atoms with Crippen molar-refractivity contribution in [1.29, 1.82) is 0 Å². The van der Waals surface area contributed by atoms with Crippen LogP contribution in [0.4, 0.5) is 5.69 Å². The second-order valence-corrected chi connectivity index (χ2v) is 6.32. The molecule has 0 aliphatic carbocycles. The van der Waals surface area contributed by atoms with Gasteiger partial charge in [-0.15, -0.1) is 11.8 Å². The molecule has 3 N–H and O–H groups in total. The van der Waals surface area contributed by atoms with Crippen LogP contribution in [-0.4, -0.2) is 40.7 Å². The minimum atomic E-state index is -0.758. The Labute approximate surface area is 128 Å². The SMILES string of the molecule is Cc1ccc(N)cc1SCC(=O)N1CCC(C(=O)O)CC1. The molecule has 1 heterocycles. The maximum Gasteiger partial charge on any atom is 0.306 e. The van der Waals surface area contributed by atoms with E-state index in [2.05, 4.69) is 0 Å². The molecule has 1 amide bonds. The summed E-state index contributed by atoms with van der Waals surface area (Å²) in [5.74, 6) is -0.641. The zero-order chi connectivity index (χ0) is 15.4. The number of aryl methyl sites for hydroxylation is 1. The highest BCUT2D eigenvalue weighted by molar-refractivity contribution is 8.00. The second-order valence-electron chi connectivity index (χ2n) is 5.31. The van der Waals surface area contributed by atoms with E-state index in [9.17, 15) is 9.59 Å². The summed E-state index contributed by atoms with van der Waals surface area (Å²) in [4.78, 5) is 25.8. The molecule has 114 valence electrons. The fourth-order valence-corrected chi connectivity index (χ4v) is 3.36. The summed E-state index contributed by atoms with van der Waals surface area (Å²) >= 11 is 1.48. The number of piperidine rings is 1. The summed E-state index contributed by atoms with van der Waals surface area (Å²) in [6.07, 6.45) is 1.09. The smallest absolute Gasteiger partial charge is 0.306 e. The zero-order valence-electron chi connectivity index (χ0n) is 12.0. The van der Waals surface area contributed by atoms with E-state index in [-0.39, 0.29) is 11.8 Å². The predicted octanol–water partition coefficient (Wildman–Crippen LogP) is 1.99. The Morgan fingerprint density at radius 3 is 2.67 bits per heavy atom. The number of thioether (sulfide) groups is 1. The number of nitrogen functional groups attached to an aromatic ring is 1. The summed E-state index contributed by atoms with van der Waals surface area (Å²) in [7, 11) is 0. The van der Waals surface area contributed by atoms with Crippen LogP contribution in [0.2, 0.25) is 0 Å². The summed E-state index contributed by atoms with van der Waals surface area (Å²) in [5, 5.41) is 8.95. The highest BCUT2D eigenvalue weighted by Gasteiger charge is 2.26. The van der Waals surface area contributed by atoms with Crippen molar-refractivity contribution >= 4 is 29.3 Å². The number of carbonyl (C=O) groups is 2. The maximum absolute atomic E-state index is 12.2. The van der Waals surface area contributed by atoms with Gasteiger partial charge in [-0.3, -0.25) is 9.59 Å². The van der Waals surface area contributed by atoms with Gasteiger partial charge in [0, 0.05) is 23.7 Å². The predicted molar refractivity (Wildman–Crippen MR) is 83.3 cm³/mol. The first kappa shape index (κ1) is 15.7. The number of nitrogens with two attached hydrogens (primary N) is 1. The molecule has 1 aromatic rings. The molecule has 0 atom stereocenters. The third kappa shape index (κ3) is 4.14. The fraction of sp³-hybridized carbons (Fsp3) is 0.467. The van der Waals surface area contributed by atoms with Gasteiger partial charge >= 0.3 is 5.97 Å². The molecule has 1 aromatic carbocycles. The normalized spacial score (nSPS) is 16.0. The lowest BCUT2D eigenvalue weighted by Crippen LogP contribution is -2.41. The lowest BCUT2D eigenvalue weighted by atomic mass is 9.97. The van der Waals surface area contributed by atoms with E-state index >= 15 is 0 Å². The van der Waals surface area contributed by atoms with E-state index in [1.54, 1.807) is 4.90 Å². The van der Waals surface area contributed by atoms with Crippen molar-refractivity contribution < 1.29 is 14.7 Å². The number of carboxylic acids is 1. The number of carbonyl (C=O) groups excluding carboxylic acids is 1. The summed E-state index contributed by atoms with van der Waals surface area (Å²) in [6.45, 7) is 3.06. The molecule has 2 rings (SSSR count). The quantitative estimate of drug-likeness (QED) is 0.656. The van der Waals surface area contributed by atoms with Gasteiger partial charge in [0.1, 0.15) is 0 Å². The first-order valence-electron chi connectivity index (χ1n) is 6.97. The third-order valence-corrected chi connectivity index (χ3v) is 4.90. The van der Waals surface area contributed by atoms with Crippen molar-refractivity contribution in [2.24, 2.45) is 5.92 Å². The topological polar surface area (TPSA) is 83.6 Å². The molecule has 1 saturated heterocycles. The second kappa shape index (κ2) is 6.85. The molecule has 1 fully saturated rings. The van der Waals surface area contributed by atoms with Crippen LogP contribution >= 0.6 is 11.8 Å². The van der Waals surface area contributed by atoms with Crippen LogP contribution in [0, 0.1) is 12.8 Å². The van der Waals surface area contributed by atoms with Crippen LogP contribution in [0.25, 0.3) is 0 Å². The molecule has 0 bridgehead atoms. The number of carboxylic acid groups (broad SMARTS) is 1. The van der Waals surface area contributed by atoms with Crippen LogP contribution in [0.3, 0.4) is 0 Å². The first-order valence-corrected chi connectivity index (χ1v) is 7.95. The van der Waals surface area contributed by atoms with Crippen LogP contribution in [0.1, 0.15) is 18.4 Å². The van der Waals surface area contributed by atoms with E-state index in [0.29, 0.717) is 37.4 Å². The molecule has 21 heavy (non-hydrogen) atoms. The number of hydrogen-bond acceptors (Lipinski definition) is 4. The van der Waals surface area contributed by atoms with Gasteiger partial charge in [-0.1, -0.05) is 6.07 Å². The van der Waals surface area contributed by atoms with E-state index in [1.807, 2.05) is 25.1 Å². The molecule has 5 nitrogen and oxygen atoms in total. The molecule has 6 heteroatoms. The van der Waals surface area contributed by atoms with Gasteiger partial charge in [-0.25, -0.2) is 0 Å². The summed E-state index contributed by atoms with van der Waals surface area (Å²) in [6, 6.07) is 5.67. The van der Waals surface area contributed by atoms with Crippen molar-refractivity contribution in [3.63, 3.8) is 0 Å². The van der Waals surface area contributed by atoms with E-state index in [1.165, 1.54) is 11.8 Å². The Balaban J connectivity index is 1.85. The number of anilines is 1. The lowest BCUT2D eigenvalue weighted by Gasteiger charge is -2.30. The Bertz CT molecular complexity index is 540. The Hall–Kier alpha value is -1.69. The van der Waals surface area contributed by atoms with Crippen molar-refractivity contribution in [2.45, 2.75) is 24.7 Å². The number of rotatable bonds is 4. The molecular formula is C15H20N2O3S. The average Bonchev–Trinajstić information content (AvgIpc) is 2.48. The number of nitrogens with zero attached hydrogens (tertiary/aromatic N) is 1. The molecule has 0 aromatic heterocycles. The van der Waals surface area contributed by atoms with Crippen molar-refractivity contribution in [3.8, 4) is 0 Å². The number of amides is 1. The average molecular weight is 308 g/mol. The van der Waals surface area contributed by atoms with Gasteiger partial charge in [-0.2, -0.15) is 0 Å². The minimum absolute atomic E-state index is 0.0608. The van der Waals surface area contributed by atoms with Crippen LogP contribution in [-0.2, 0) is 9.59 Å². The first-order chi connectivity index (χ1) is 9.97. The Morgan fingerprint density at radius 1 is 1.38 bits per heavy atom. The molecule has 0 unspecified atom stereocenters. The summed E-state index contributed by atoms with van der Waals surface area (Å²) in [5.41, 5.74) is 7.55. The minimum Gasteiger partial charge on any atom is -0.481 e. The van der Waals surface area contributed by atoms with Crippen LogP contribution in [0.15, 0.2) is 23.1 Å². The van der Waals surface area contributed by atoms with Crippen LogP contribution < -0.4 is 5.73 Å². The molecular weight excluding hydrogens is 288 g/mol. The van der Waals surface area contributed by atoms with Crippen molar-refractivity contribution in [2.75, 3.05) is 24.6 Å². The Morgan fingerprint density at radius 2 is 2.05 bits per heavy atom. The van der Waals surface area contributed by atoms with Gasteiger partial charge in [0.25, 0.3) is 0 Å². The highest BCUT2D eigenvalue weighted by Crippen LogP contribution is 2.25. The van der Waals surface area contributed by atoms with Gasteiger partial charge in [0.05, 0.1) is 11.7 Å². The Kier molecular flexibility index (Phi) is 5.12. The summed E-state index contributed by atoms with van der Waals surface area (Å²) < 4.78 is 0. The molecule has 0 spiro atoms. The molecule has 0 radical (unpaired) electrons. The monoisotopic (exact) mass is 308 g/mol. The number of benzene rings is 1. The van der Waals surface area contributed by atoms with E-state index < -0.39 is 5.97 Å². The number of aliphatic carboxylic acids is 1. The standard InChI is InChI=1S/C15H20N2O3S/c1-10-2-3-12(16)8-13(10)21-9-14(18)17-6-4-11(5-7-17)15(19)20/h2-3,8,11H,4-7,9,16H2,1H3,(H,19,20). The number of likely N-dealkylation sites (tertiary alicyclic amines) is 1. The van der Waals surface area contributed by atoms with Crippen molar-refractivity contribution in [1.82, 2.24) is 4.90 Å². The van der Waals surface area contributed by atoms with Gasteiger partial charge in [-0.05, 0) is 37.5 Å². The lowest BCUT2D eigenvalue weighted by molar-refractivity contribution is -0.145. The van der Waals surface area contributed by atoms with E-state index in [4.69, 9.17) is 10.8 Å². The molecule has 0 saturated carbocycles. The largest absolute Gasteiger partial charge is 0.481 e.